The van der Waals surface area contributed by atoms with E-state index in [4.69, 9.17) is 15.2 Å². The number of ketones is 2. The lowest BCUT2D eigenvalue weighted by Crippen LogP contribution is -2.58. The van der Waals surface area contributed by atoms with Gasteiger partial charge in [-0.15, -0.1) is 0 Å². The van der Waals surface area contributed by atoms with Crippen LogP contribution in [0.5, 0.6) is 0 Å². The third-order valence-corrected chi connectivity index (χ3v) is 14.6. The summed E-state index contributed by atoms with van der Waals surface area (Å²) in [5.74, 6) is -0.282. The smallest absolute Gasteiger partial charge is 0.350 e. The summed E-state index contributed by atoms with van der Waals surface area (Å²) in [4.78, 5) is 43.4. The lowest BCUT2D eigenvalue weighted by atomic mass is 9.59. The number of carbonyl (C=O) groups excluding carboxylic acids is 3. The van der Waals surface area contributed by atoms with E-state index in [-0.39, 0.29) is 54.7 Å². The molecule has 9 heteroatoms. The minimum absolute atomic E-state index is 0.00332. The van der Waals surface area contributed by atoms with E-state index in [1.807, 2.05) is 0 Å². The van der Waals surface area contributed by atoms with Gasteiger partial charge in [-0.3, -0.25) is 9.59 Å². The topological polar surface area (TPSA) is 143 Å². The van der Waals surface area contributed by atoms with E-state index in [1.54, 1.807) is 0 Å². The van der Waals surface area contributed by atoms with Crippen molar-refractivity contribution in [3.05, 3.63) is 23.3 Å². The van der Waals surface area contributed by atoms with Crippen LogP contribution in [-0.2, 0) is 23.9 Å². The van der Waals surface area contributed by atoms with Crippen molar-refractivity contribution in [3.63, 3.8) is 0 Å². The molecule has 10 unspecified atom stereocenters. The van der Waals surface area contributed by atoms with Crippen molar-refractivity contribution >= 4 is 17.5 Å². The van der Waals surface area contributed by atoms with E-state index < -0.39 is 29.0 Å². The molecule has 6 fully saturated rings. The summed E-state index contributed by atoms with van der Waals surface area (Å²) < 4.78 is 12.5. The Morgan fingerprint density at radius 2 is 1.78 bits per heavy atom. The second kappa shape index (κ2) is 14.8. The fourth-order valence-electron chi connectivity index (χ4n) is 11.9. The zero-order valence-electron chi connectivity index (χ0n) is 30.7. The molecule has 5 N–H and O–H groups in total. The Bertz CT molecular complexity index is 1360. The Balaban J connectivity index is 1.15. The predicted molar refractivity (Wildman–Crippen MR) is 192 cm³/mol. The molecule has 0 radical (unpaired) electrons. The first-order valence-electron chi connectivity index (χ1n) is 20.3. The van der Waals surface area contributed by atoms with E-state index in [9.17, 15) is 19.5 Å². The first-order chi connectivity index (χ1) is 24.2. The molecule has 10 atom stereocenters. The van der Waals surface area contributed by atoms with E-state index in [2.05, 4.69) is 36.6 Å². The summed E-state index contributed by atoms with van der Waals surface area (Å²) in [5.41, 5.74) is 4.79. The highest BCUT2D eigenvalue weighted by Crippen LogP contribution is 2.62. The Labute approximate surface area is 299 Å². The van der Waals surface area contributed by atoms with Crippen molar-refractivity contribution in [2.75, 3.05) is 26.3 Å². The average molecular weight is 694 g/mol. The zero-order chi connectivity index (χ0) is 35.1. The van der Waals surface area contributed by atoms with Gasteiger partial charge in [0.2, 0.25) is 0 Å². The first kappa shape index (κ1) is 36.4. The summed E-state index contributed by atoms with van der Waals surface area (Å²) in [5, 5.41) is 18.0. The van der Waals surface area contributed by atoms with E-state index in [0.29, 0.717) is 30.6 Å². The third-order valence-electron chi connectivity index (χ3n) is 14.6. The van der Waals surface area contributed by atoms with E-state index >= 15 is 0 Å². The Morgan fingerprint density at radius 3 is 2.50 bits per heavy atom. The molecule has 9 nitrogen and oxygen atoms in total. The van der Waals surface area contributed by atoms with Crippen LogP contribution in [0.4, 0.5) is 0 Å². The average Bonchev–Trinajstić information content (AvgIpc) is 3.84. The number of carbonyl (C=O) groups is 3. The zero-order valence-corrected chi connectivity index (χ0v) is 30.7. The molecule has 2 aliphatic heterocycles. The number of epoxide rings is 1. The number of esters is 1. The van der Waals surface area contributed by atoms with Crippen LogP contribution >= 0.6 is 0 Å². The maximum atomic E-state index is 14.6. The van der Waals surface area contributed by atoms with Gasteiger partial charge in [0.1, 0.15) is 0 Å². The third kappa shape index (κ3) is 6.39. The molecule has 50 heavy (non-hydrogen) atoms. The largest absolute Gasteiger partial charge is 0.463 e. The van der Waals surface area contributed by atoms with Crippen LogP contribution in [0.3, 0.4) is 0 Å². The summed E-state index contributed by atoms with van der Waals surface area (Å²) in [6.45, 7) is 5.92. The van der Waals surface area contributed by atoms with E-state index in [0.717, 1.165) is 94.9 Å². The van der Waals surface area contributed by atoms with Gasteiger partial charge in [-0.05, 0) is 119 Å². The minimum Gasteiger partial charge on any atom is -0.463 e. The number of ether oxygens (including phenoxy) is 2. The lowest BCUT2D eigenvalue weighted by molar-refractivity contribution is -0.160. The number of rotatable bonds is 11. The number of aliphatic hydroxyl groups excluding tert-OH is 1. The van der Waals surface area contributed by atoms with Crippen LogP contribution in [0.2, 0.25) is 0 Å². The number of hydrogen-bond acceptors (Lipinski definition) is 9. The molecule has 2 saturated heterocycles. The predicted octanol–water partition coefficient (Wildman–Crippen LogP) is 5.29. The van der Waals surface area contributed by atoms with Crippen molar-refractivity contribution in [1.82, 2.24) is 10.6 Å². The van der Waals surface area contributed by atoms with Crippen molar-refractivity contribution in [1.29, 1.82) is 0 Å². The van der Waals surface area contributed by atoms with Crippen LogP contribution in [0.15, 0.2) is 23.3 Å². The first-order valence-corrected chi connectivity index (χ1v) is 20.3. The molecule has 5 aliphatic carbocycles. The van der Waals surface area contributed by atoms with Gasteiger partial charge in [-0.25, -0.2) is 4.79 Å². The molecule has 0 spiro atoms. The number of piperidine rings is 1. The Kier molecular flexibility index (Phi) is 10.8. The molecule has 4 saturated carbocycles. The minimum atomic E-state index is -1.91. The van der Waals surface area contributed by atoms with Crippen LogP contribution in [0.25, 0.3) is 0 Å². The van der Waals surface area contributed by atoms with Gasteiger partial charge >= 0.3 is 5.97 Å². The molecule has 0 aromatic rings. The normalized spacial score (nSPS) is 41.4. The number of nitrogens with one attached hydrogen (secondary N) is 2. The van der Waals surface area contributed by atoms with Crippen molar-refractivity contribution < 1.29 is 29.0 Å². The molecule has 278 valence electrons. The van der Waals surface area contributed by atoms with Gasteiger partial charge in [0.25, 0.3) is 5.60 Å². The summed E-state index contributed by atoms with van der Waals surface area (Å²) in [7, 11) is 0. The number of Topliss-reactive ketones (excluding diaryl/α,β-unsaturated/α-hetero) is 2. The van der Waals surface area contributed by atoms with Crippen LogP contribution in [-0.4, -0.2) is 72.4 Å². The molecule has 0 aromatic carbocycles. The SMILES string of the molecule is CCNC1CC2C=CCCC2CC1COC(=O)C12OC1(CC(CO)=C(C)CC1(C3CCNC(N)C3)CCCCC1)C(=O)C1CCCCC1C2=O. The van der Waals surface area contributed by atoms with Gasteiger partial charge in [-0.2, -0.15) is 0 Å². The fourth-order valence-corrected chi connectivity index (χ4v) is 11.9. The van der Waals surface area contributed by atoms with Crippen LogP contribution in [0.1, 0.15) is 123 Å². The van der Waals surface area contributed by atoms with Gasteiger partial charge in [0.15, 0.2) is 17.2 Å². The Morgan fingerprint density at radius 1 is 1.02 bits per heavy atom. The molecule has 0 aromatic heterocycles. The summed E-state index contributed by atoms with van der Waals surface area (Å²) in [6.07, 6.45) is 20.7. The van der Waals surface area contributed by atoms with Crippen LogP contribution < -0.4 is 16.4 Å². The highest BCUT2D eigenvalue weighted by molar-refractivity contribution is 6.23. The molecule has 0 amide bonds. The number of fused-ring (bicyclic) bond motifs is 3. The van der Waals surface area contributed by atoms with E-state index in [1.165, 1.54) is 19.3 Å². The lowest BCUT2D eigenvalue weighted by Gasteiger charge is -2.47. The molecule has 2 heterocycles. The molecule has 0 bridgehead atoms. The van der Waals surface area contributed by atoms with Gasteiger partial charge in [0, 0.05) is 30.2 Å². The van der Waals surface area contributed by atoms with Crippen molar-refractivity contribution in [2.45, 2.75) is 146 Å². The second-order valence-electron chi connectivity index (χ2n) is 17.4. The van der Waals surface area contributed by atoms with Gasteiger partial charge in [-0.1, -0.05) is 56.8 Å². The summed E-state index contributed by atoms with van der Waals surface area (Å²) >= 11 is 0. The van der Waals surface area contributed by atoms with Crippen molar-refractivity contribution in [3.8, 4) is 0 Å². The molecule has 7 aliphatic rings. The van der Waals surface area contributed by atoms with Crippen LogP contribution in [0, 0.1) is 40.9 Å². The van der Waals surface area contributed by atoms with Crippen molar-refractivity contribution in [2.24, 2.45) is 46.7 Å². The molecular formula is C41H63N3O6. The second-order valence-corrected chi connectivity index (χ2v) is 17.4. The number of nitrogens with two attached hydrogens (primary N) is 1. The standard InChI is InChI=1S/C41H63N3O6/c1-3-43-34-20-28-12-6-5-11-27(28)19-29(34)25-49-38(48)41-37(47)33-14-8-7-13-32(33)36(46)40(41,50-41)23-30(24-45)26(2)22-39(16-9-4-10-17-39)31-15-18-44-35(42)21-31/h6,12,27-29,31-35,43-45H,3-5,7-11,13-25,42H2,1-2H3. The summed E-state index contributed by atoms with van der Waals surface area (Å²) in [6, 6.07) is 0.221. The quantitative estimate of drug-likeness (QED) is 0.0983. The van der Waals surface area contributed by atoms with Gasteiger partial charge in [0.05, 0.1) is 19.4 Å². The van der Waals surface area contributed by atoms with Gasteiger partial charge < -0.3 is 30.9 Å². The molecular weight excluding hydrogens is 630 g/mol. The number of aliphatic hydroxyl groups is 1. The monoisotopic (exact) mass is 693 g/mol. The highest BCUT2D eigenvalue weighted by Gasteiger charge is 2.87. The maximum absolute atomic E-state index is 14.6. The molecule has 7 rings (SSSR count). The number of allylic oxidation sites excluding steroid dienone is 3. The highest BCUT2D eigenvalue weighted by atomic mass is 16.7. The fraction of sp³-hybridized carbons (Fsp3) is 0.829. The number of hydrogen-bond donors (Lipinski definition) is 4. The maximum Gasteiger partial charge on any atom is 0.350 e. The Hall–Kier alpha value is -1.91.